The molecule has 112 valence electrons. The van der Waals surface area contributed by atoms with Gasteiger partial charge in [0.25, 0.3) is 0 Å². The average Bonchev–Trinajstić information content (AvgIpc) is 3.04. The summed E-state index contributed by atoms with van der Waals surface area (Å²) in [7, 11) is 0. The Morgan fingerprint density at radius 3 is 3.14 bits per heavy atom. The van der Waals surface area contributed by atoms with Gasteiger partial charge in [-0.3, -0.25) is 4.98 Å². The van der Waals surface area contributed by atoms with Crippen LogP contribution in [0.2, 0.25) is 0 Å². The minimum absolute atomic E-state index is 0.149. The quantitative estimate of drug-likeness (QED) is 0.731. The fourth-order valence-corrected chi connectivity index (χ4v) is 2.74. The number of anilines is 1. The van der Waals surface area contributed by atoms with E-state index in [-0.39, 0.29) is 6.10 Å². The second-order valence-corrected chi connectivity index (χ2v) is 5.34. The Kier molecular flexibility index (Phi) is 3.30. The Morgan fingerprint density at radius 2 is 2.23 bits per heavy atom. The van der Waals surface area contributed by atoms with Gasteiger partial charge in [-0.2, -0.15) is 4.52 Å². The van der Waals surface area contributed by atoms with Crippen molar-refractivity contribution in [2.24, 2.45) is 0 Å². The lowest BCUT2D eigenvalue weighted by Gasteiger charge is -2.33. The average molecular weight is 296 g/mol. The van der Waals surface area contributed by atoms with Crippen LogP contribution >= 0.6 is 0 Å². The van der Waals surface area contributed by atoms with Gasteiger partial charge in [-0.15, -0.1) is 15.3 Å². The standard InChI is InChI=1S/C15H16N6O/c1-3-12(9-16-7-1)22-13-4-2-8-20(10-13)15-6-5-14-18-17-11-21(14)19-15/h1,3,5-7,9,11,13H,2,4,8,10H2. The van der Waals surface area contributed by atoms with Crippen molar-refractivity contribution >= 4 is 11.5 Å². The van der Waals surface area contributed by atoms with Crippen molar-refractivity contribution in [1.29, 1.82) is 0 Å². The van der Waals surface area contributed by atoms with Gasteiger partial charge in [-0.05, 0) is 37.1 Å². The Hall–Kier alpha value is -2.70. The maximum atomic E-state index is 6.02. The molecule has 3 aromatic rings. The topological polar surface area (TPSA) is 68.4 Å². The fraction of sp³-hybridized carbons (Fsp3) is 0.333. The monoisotopic (exact) mass is 296 g/mol. The smallest absolute Gasteiger partial charge is 0.177 e. The molecule has 0 bridgehead atoms. The molecule has 0 aliphatic carbocycles. The third kappa shape index (κ3) is 2.57. The van der Waals surface area contributed by atoms with Crippen molar-refractivity contribution in [2.75, 3.05) is 18.0 Å². The van der Waals surface area contributed by atoms with Crippen LogP contribution in [0, 0.1) is 0 Å². The highest BCUT2D eigenvalue weighted by Gasteiger charge is 2.22. The molecule has 0 aromatic carbocycles. The van der Waals surface area contributed by atoms with Gasteiger partial charge in [0.15, 0.2) is 5.65 Å². The molecule has 1 atom stereocenters. The molecule has 1 aliphatic heterocycles. The maximum Gasteiger partial charge on any atom is 0.177 e. The van der Waals surface area contributed by atoms with Gasteiger partial charge in [0.1, 0.15) is 24.0 Å². The summed E-state index contributed by atoms with van der Waals surface area (Å²) in [6, 6.07) is 7.74. The van der Waals surface area contributed by atoms with Crippen LogP contribution in [-0.4, -0.2) is 44.0 Å². The van der Waals surface area contributed by atoms with Gasteiger partial charge in [-0.1, -0.05) is 0 Å². The second kappa shape index (κ2) is 5.59. The SMILES string of the molecule is c1cncc(OC2CCCN(c3ccc4nncn4n3)C2)c1. The molecule has 0 spiro atoms. The Bertz CT molecular complexity index is 759. The largest absolute Gasteiger partial charge is 0.487 e. The minimum atomic E-state index is 0.149. The fourth-order valence-electron chi connectivity index (χ4n) is 2.74. The zero-order valence-corrected chi connectivity index (χ0v) is 12.0. The molecule has 0 saturated carbocycles. The van der Waals surface area contributed by atoms with Crippen LogP contribution in [0.5, 0.6) is 5.75 Å². The molecule has 1 fully saturated rings. The summed E-state index contributed by atoms with van der Waals surface area (Å²) < 4.78 is 7.71. The van der Waals surface area contributed by atoms with E-state index in [1.165, 1.54) is 0 Å². The van der Waals surface area contributed by atoms with Crippen LogP contribution in [0.4, 0.5) is 5.82 Å². The molecule has 0 amide bonds. The molecule has 1 aliphatic rings. The maximum absolute atomic E-state index is 6.02. The van der Waals surface area contributed by atoms with Crippen LogP contribution in [0.3, 0.4) is 0 Å². The number of hydrogen-bond acceptors (Lipinski definition) is 6. The van der Waals surface area contributed by atoms with E-state index in [1.807, 2.05) is 24.3 Å². The number of piperidine rings is 1. The minimum Gasteiger partial charge on any atom is -0.487 e. The molecular weight excluding hydrogens is 280 g/mol. The summed E-state index contributed by atoms with van der Waals surface area (Å²) in [5.74, 6) is 1.74. The molecule has 1 unspecified atom stereocenters. The number of fused-ring (bicyclic) bond motifs is 1. The van der Waals surface area contributed by atoms with Gasteiger partial charge >= 0.3 is 0 Å². The van der Waals surface area contributed by atoms with Gasteiger partial charge in [0.05, 0.1) is 12.7 Å². The van der Waals surface area contributed by atoms with Crippen molar-refractivity contribution in [3.05, 3.63) is 43.0 Å². The summed E-state index contributed by atoms with van der Waals surface area (Å²) in [5.41, 5.74) is 0.754. The summed E-state index contributed by atoms with van der Waals surface area (Å²) >= 11 is 0. The molecule has 1 saturated heterocycles. The Balaban J connectivity index is 1.50. The van der Waals surface area contributed by atoms with Gasteiger partial charge < -0.3 is 9.64 Å². The normalized spacial score (nSPS) is 18.5. The number of aromatic nitrogens is 5. The van der Waals surface area contributed by atoms with E-state index in [4.69, 9.17) is 4.74 Å². The van der Waals surface area contributed by atoms with E-state index < -0.39 is 0 Å². The van der Waals surface area contributed by atoms with Crippen molar-refractivity contribution in [3.8, 4) is 5.75 Å². The molecule has 4 rings (SSSR count). The van der Waals surface area contributed by atoms with Crippen LogP contribution in [0.15, 0.2) is 43.0 Å². The molecule has 0 radical (unpaired) electrons. The van der Waals surface area contributed by atoms with E-state index in [2.05, 4.69) is 25.2 Å². The molecule has 7 nitrogen and oxygen atoms in total. The first-order valence-corrected chi connectivity index (χ1v) is 7.37. The molecule has 7 heteroatoms. The molecule has 3 aromatic heterocycles. The van der Waals surface area contributed by atoms with Gasteiger partial charge in [-0.25, -0.2) is 0 Å². The highest BCUT2D eigenvalue weighted by atomic mass is 16.5. The van der Waals surface area contributed by atoms with Crippen LogP contribution < -0.4 is 9.64 Å². The number of rotatable bonds is 3. The van der Waals surface area contributed by atoms with Crippen molar-refractivity contribution in [3.63, 3.8) is 0 Å². The van der Waals surface area contributed by atoms with Crippen molar-refractivity contribution in [1.82, 2.24) is 24.8 Å². The van der Waals surface area contributed by atoms with E-state index in [0.717, 1.165) is 43.1 Å². The van der Waals surface area contributed by atoms with Crippen LogP contribution in [0.1, 0.15) is 12.8 Å². The van der Waals surface area contributed by atoms with E-state index >= 15 is 0 Å². The Morgan fingerprint density at radius 1 is 1.23 bits per heavy atom. The van der Waals surface area contributed by atoms with Crippen LogP contribution in [-0.2, 0) is 0 Å². The van der Waals surface area contributed by atoms with Gasteiger partial charge in [0, 0.05) is 12.7 Å². The molecule has 22 heavy (non-hydrogen) atoms. The van der Waals surface area contributed by atoms with E-state index in [9.17, 15) is 0 Å². The molecule has 0 N–H and O–H groups in total. The number of hydrogen-bond donors (Lipinski definition) is 0. The zero-order chi connectivity index (χ0) is 14.8. The number of ether oxygens (including phenoxy) is 1. The summed E-state index contributed by atoms with van der Waals surface area (Å²) in [5, 5.41) is 12.4. The van der Waals surface area contributed by atoms with E-state index in [1.54, 1.807) is 23.2 Å². The summed E-state index contributed by atoms with van der Waals surface area (Å²) in [6.45, 7) is 1.79. The summed E-state index contributed by atoms with van der Waals surface area (Å²) in [4.78, 5) is 6.33. The molecule has 4 heterocycles. The third-order valence-electron chi connectivity index (χ3n) is 3.79. The first kappa shape index (κ1) is 13.0. The first-order chi connectivity index (χ1) is 10.9. The third-order valence-corrected chi connectivity index (χ3v) is 3.79. The van der Waals surface area contributed by atoms with Gasteiger partial charge in [0.2, 0.25) is 0 Å². The van der Waals surface area contributed by atoms with E-state index in [0.29, 0.717) is 0 Å². The molecular formula is C15H16N6O. The lowest BCUT2D eigenvalue weighted by molar-refractivity contribution is 0.178. The predicted octanol–water partition coefficient (Wildman–Crippen LogP) is 1.57. The number of nitrogens with zero attached hydrogens (tertiary/aromatic N) is 6. The van der Waals surface area contributed by atoms with Crippen molar-refractivity contribution in [2.45, 2.75) is 18.9 Å². The number of pyridine rings is 1. The van der Waals surface area contributed by atoms with Crippen molar-refractivity contribution < 1.29 is 4.74 Å². The zero-order valence-electron chi connectivity index (χ0n) is 12.0. The predicted molar refractivity (Wildman–Crippen MR) is 80.9 cm³/mol. The van der Waals surface area contributed by atoms with Crippen LogP contribution in [0.25, 0.3) is 5.65 Å². The first-order valence-electron chi connectivity index (χ1n) is 7.37. The lowest BCUT2D eigenvalue weighted by Crippen LogP contribution is -2.41. The lowest BCUT2D eigenvalue weighted by atomic mass is 10.1. The Labute approximate surface area is 127 Å². The highest BCUT2D eigenvalue weighted by molar-refractivity contribution is 5.45. The highest BCUT2D eigenvalue weighted by Crippen LogP contribution is 2.21. The second-order valence-electron chi connectivity index (χ2n) is 5.34. The summed E-state index contributed by atoms with van der Waals surface area (Å²) in [6.07, 6.45) is 7.38.